The third-order valence-corrected chi connectivity index (χ3v) is 6.19. The predicted octanol–water partition coefficient (Wildman–Crippen LogP) is 4.61. The molecule has 35 heavy (non-hydrogen) atoms. The van der Waals surface area contributed by atoms with E-state index in [1.165, 1.54) is 6.42 Å². The van der Waals surface area contributed by atoms with Gasteiger partial charge in [0.25, 0.3) is 5.91 Å². The highest BCUT2D eigenvalue weighted by molar-refractivity contribution is 6.30. The Bertz CT molecular complexity index is 1190. The number of aromatic nitrogens is 2. The van der Waals surface area contributed by atoms with Crippen molar-refractivity contribution in [3.8, 4) is 16.9 Å². The molecule has 1 amide bonds. The lowest BCUT2D eigenvalue weighted by atomic mass is 10.0. The Hall–Kier alpha value is -3.36. The first-order valence-electron chi connectivity index (χ1n) is 11.9. The van der Waals surface area contributed by atoms with Gasteiger partial charge in [0, 0.05) is 34.9 Å². The summed E-state index contributed by atoms with van der Waals surface area (Å²) in [5, 5.41) is 10.5. The van der Waals surface area contributed by atoms with Gasteiger partial charge in [-0.1, -0.05) is 36.2 Å². The standard InChI is InChI=1S/C26H30ClN5O3/c1-3-35-23(33)17-28-22-10-6-5-9-21(22)25-18(2)24(26(34)30-31-15-7-4-8-16-31)29-32(25)20-13-11-19(27)12-14-20/h5-6,9-14,28H,3-4,7-8,15-17H2,1-2H3,(H,30,34). The molecule has 1 aliphatic heterocycles. The molecule has 1 saturated heterocycles. The van der Waals surface area contributed by atoms with Crippen molar-refractivity contribution in [2.75, 3.05) is 31.6 Å². The molecule has 0 saturated carbocycles. The number of ether oxygens (including phenoxy) is 1. The van der Waals surface area contributed by atoms with E-state index >= 15 is 0 Å². The summed E-state index contributed by atoms with van der Waals surface area (Å²) in [5.41, 5.74) is 7.17. The quantitative estimate of drug-likeness (QED) is 0.444. The average molecular weight is 496 g/mol. The molecular formula is C26H30ClN5O3. The van der Waals surface area contributed by atoms with E-state index in [9.17, 15) is 9.59 Å². The molecule has 184 valence electrons. The average Bonchev–Trinajstić information content (AvgIpc) is 3.21. The highest BCUT2D eigenvalue weighted by atomic mass is 35.5. The Morgan fingerprint density at radius 2 is 1.77 bits per heavy atom. The Labute approximate surface area is 210 Å². The minimum Gasteiger partial charge on any atom is -0.465 e. The van der Waals surface area contributed by atoms with Gasteiger partial charge in [-0.2, -0.15) is 5.10 Å². The molecule has 4 rings (SSSR count). The first-order valence-corrected chi connectivity index (χ1v) is 12.3. The molecule has 0 spiro atoms. The number of hydrogen-bond donors (Lipinski definition) is 2. The van der Waals surface area contributed by atoms with E-state index in [-0.39, 0.29) is 18.4 Å². The Morgan fingerprint density at radius 1 is 1.06 bits per heavy atom. The third kappa shape index (κ3) is 5.83. The van der Waals surface area contributed by atoms with E-state index < -0.39 is 0 Å². The Kier molecular flexibility index (Phi) is 8.05. The van der Waals surface area contributed by atoms with Crippen LogP contribution in [0.4, 0.5) is 5.69 Å². The second-order valence-electron chi connectivity index (χ2n) is 8.40. The van der Waals surface area contributed by atoms with Gasteiger partial charge in [0.2, 0.25) is 0 Å². The number of carbonyl (C=O) groups excluding carboxylic acids is 2. The van der Waals surface area contributed by atoms with Gasteiger partial charge in [0.05, 0.1) is 18.0 Å². The van der Waals surface area contributed by atoms with Crippen molar-refractivity contribution >= 4 is 29.2 Å². The van der Waals surface area contributed by atoms with E-state index in [2.05, 4.69) is 10.7 Å². The number of carbonyl (C=O) groups is 2. The summed E-state index contributed by atoms with van der Waals surface area (Å²) in [6.07, 6.45) is 3.29. The second kappa shape index (κ2) is 11.4. The van der Waals surface area contributed by atoms with Gasteiger partial charge < -0.3 is 10.1 Å². The molecule has 3 aromatic rings. The van der Waals surface area contributed by atoms with Crippen LogP contribution in [0.15, 0.2) is 48.5 Å². The third-order valence-electron chi connectivity index (χ3n) is 5.93. The maximum Gasteiger partial charge on any atom is 0.325 e. The lowest BCUT2D eigenvalue weighted by molar-refractivity contribution is -0.140. The van der Waals surface area contributed by atoms with Crippen LogP contribution in [0.5, 0.6) is 0 Å². The number of hydrazine groups is 1. The minimum absolute atomic E-state index is 0.0291. The predicted molar refractivity (Wildman–Crippen MR) is 137 cm³/mol. The summed E-state index contributed by atoms with van der Waals surface area (Å²) in [4.78, 5) is 25.2. The fraction of sp³-hybridized carbons (Fsp3) is 0.346. The number of rotatable bonds is 8. The maximum absolute atomic E-state index is 13.3. The molecule has 0 atom stereocenters. The molecule has 0 unspecified atom stereocenters. The van der Waals surface area contributed by atoms with Gasteiger partial charge in [-0.3, -0.25) is 15.0 Å². The summed E-state index contributed by atoms with van der Waals surface area (Å²) in [6.45, 7) is 5.67. The molecule has 1 aromatic heterocycles. The molecule has 2 N–H and O–H groups in total. The first-order chi connectivity index (χ1) is 17.0. The van der Waals surface area contributed by atoms with Crippen LogP contribution in [-0.2, 0) is 9.53 Å². The van der Waals surface area contributed by atoms with E-state index in [4.69, 9.17) is 21.4 Å². The van der Waals surface area contributed by atoms with Crippen LogP contribution in [0.2, 0.25) is 5.02 Å². The van der Waals surface area contributed by atoms with E-state index in [1.807, 2.05) is 48.3 Å². The Balaban J connectivity index is 1.75. The van der Waals surface area contributed by atoms with Crippen LogP contribution in [0.3, 0.4) is 0 Å². The summed E-state index contributed by atoms with van der Waals surface area (Å²) in [5.74, 6) is -0.581. The monoisotopic (exact) mass is 495 g/mol. The van der Waals surface area contributed by atoms with Crippen molar-refractivity contribution < 1.29 is 14.3 Å². The van der Waals surface area contributed by atoms with Crippen molar-refractivity contribution in [2.45, 2.75) is 33.1 Å². The Morgan fingerprint density at radius 3 is 2.49 bits per heavy atom. The van der Waals surface area contributed by atoms with Crippen molar-refractivity contribution in [1.82, 2.24) is 20.2 Å². The van der Waals surface area contributed by atoms with Crippen LogP contribution >= 0.6 is 11.6 Å². The van der Waals surface area contributed by atoms with Crippen molar-refractivity contribution in [1.29, 1.82) is 0 Å². The number of benzene rings is 2. The van der Waals surface area contributed by atoms with Gasteiger partial charge in [-0.15, -0.1) is 0 Å². The van der Waals surface area contributed by atoms with Gasteiger partial charge in [0.15, 0.2) is 5.69 Å². The number of esters is 1. The van der Waals surface area contributed by atoms with Crippen LogP contribution in [-0.4, -0.2) is 52.9 Å². The summed E-state index contributed by atoms with van der Waals surface area (Å²) < 4.78 is 6.81. The zero-order valence-corrected chi connectivity index (χ0v) is 20.8. The number of amides is 1. The maximum atomic E-state index is 13.3. The topological polar surface area (TPSA) is 88.5 Å². The van der Waals surface area contributed by atoms with Crippen molar-refractivity contribution in [3.63, 3.8) is 0 Å². The lowest BCUT2D eigenvalue weighted by Gasteiger charge is -2.26. The first kappa shape index (κ1) is 24.8. The molecule has 2 heterocycles. The molecule has 9 heteroatoms. The van der Waals surface area contributed by atoms with Crippen LogP contribution in [0.25, 0.3) is 16.9 Å². The van der Waals surface area contributed by atoms with Crippen molar-refractivity contribution in [3.05, 3.63) is 64.8 Å². The smallest absolute Gasteiger partial charge is 0.325 e. The highest BCUT2D eigenvalue weighted by Gasteiger charge is 2.25. The van der Waals surface area contributed by atoms with Gasteiger partial charge in [-0.25, -0.2) is 9.69 Å². The molecule has 1 fully saturated rings. The van der Waals surface area contributed by atoms with Gasteiger partial charge >= 0.3 is 5.97 Å². The number of nitrogens with one attached hydrogen (secondary N) is 2. The molecule has 0 bridgehead atoms. The van der Waals surface area contributed by atoms with Crippen LogP contribution in [0, 0.1) is 6.92 Å². The SMILES string of the molecule is CCOC(=O)CNc1ccccc1-c1c(C)c(C(=O)NN2CCCCC2)nn1-c1ccc(Cl)cc1. The summed E-state index contributed by atoms with van der Waals surface area (Å²) >= 11 is 6.12. The van der Waals surface area contributed by atoms with E-state index in [1.54, 1.807) is 23.7 Å². The molecule has 0 aliphatic carbocycles. The van der Waals surface area contributed by atoms with E-state index in [0.29, 0.717) is 17.3 Å². The largest absolute Gasteiger partial charge is 0.465 e. The number of piperidine rings is 1. The van der Waals surface area contributed by atoms with E-state index in [0.717, 1.165) is 54.1 Å². The second-order valence-corrected chi connectivity index (χ2v) is 8.84. The fourth-order valence-corrected chi connectivity index (χ4v) is 4.35. The van der Waals surface area contributed by atoms with Crippen molar-refractivity contribution in [2.24, 2.45) is 0 Å². The van der Waals surface area contributed by atoms with Crippen LogP contribution in [0.1, 0.15) is 42.2 Å². The minimum atomic E-state index is -0.341. The zero-order valence-electron chi connectivity index (χ0n) is 20.0. The number of halogens is 1. The molecule has 2 aromatic carbocycles. The zero-order chi connectivity index (χ0) is 24.8. The molecule has 0 radical (unpaired) electrons. The normalized spacial score (nSPS) is 13.9. The van der Waals surface area contributed by atoms with Gasteiger partial charge in [0.1, 0.15) is 6.54 Å². The summed E-state index contributed by atoms with van der Waals surface area (Å²) in [7, 11) is 0. The highest BCUT2D eigenvalue weighted by Crippen LogP contribution is 2.34. The molecule has 1 aliphatic rings. The van der Waals surface area contributed by atoms with Gasteiger partial charge in [-0.05, 0) is 57.0 Å². The summed E-state index contributed by atoms with van der Waals surface area (Å²) in [6, 6.07) is 14.9. The van der Waals surface area contributed by atoms with Crippen LogP contribution < -0.4 is 10.7 Å². The lowest BCUT2D eigenvalue weighted by Crippen LogP contribution is -2.45. The number of anilines is 1. The number of para-hydroxylation sites is 1. The molecular weight excluding hydrogens is 466 g/mol. The number of nitrogens with zero attached hydrogens (tertiary/aromatic N) is 3. The fourth-order valence-electron chi connectivity index (χ4n) is 4.22. The molecule has 8 nitrogen and oxygen atoms in total. The number of hydrogen-bond acceptors (Lipinski definition) is 6.